The van der Waals surface area contributed by atoms with E-state index in [-0.39, 0.29) is 25.7 Å². The van der Waals surface area contributed by atoms with Gasteiger partial charge >= 0.3 is 0 Å². The summed E-state index contributed by atoms with van der Waals surface area (Å²) < 4.78 is 55.0. The minimum Gasteiger partial charge on any atom is -0.396 e. The smallest absolute Gasteiger partial charge is 0.245 e. The molecule has 0 aliphatic carbocycles. The standard InChI is InChI=1S/C16H20F2N4O3S/c17-12-3-4-16(15(18)10-12)26(24,25)21-7-5-14(6-8-21)22-11-13(19-20-22)2-1-9-23/h3-4,10-11,14,23H,1-2,5-9H2. The van der Waals surface area contributed by atoms with Crippen LogP contribution in [0.4, 0.5) is 8.78 Å². The van der Waals surface area contributed by atoms with Crippen molar-refractivity contribution in [2.45, 2.75) is 36.6 Å². The molecule has 1 aliphatic heterocycles. The maximum Gasteiger partial charge on any atom is 0.245 e. The number of rotatable bonds is 6. The van der Waals surface area contributed by atoms with Crippen LogP contribution >= 0.6 is 0 Å². The van der Waals surface area contributed by atoms with Crippen molar-refractivity contribution in [2.75, 3.05) is 19.7 Å². The number of aryl methyl sites for hydroxylation is 1. The molecule has 1 aromatic heterocycles. The summed E-state index contributed by atoms with van der Waals surface area (Å²) in [4.78, 5) is -0.510. The lowest BCUT2D eigenvalue weighted by Gasteiger charge is -2.31. The van der Waals surface area contributed by atoms with Gasteiger partial charge in [0.25, 0.3) is 0 Å². The Balaban J connectivity index is 1.67. The quantitative estimate of drug-likeness (QED) is 0.813. The molecule has 10 heteroatoms. The molecule has 0 atom stereocenters. The minimum atomic E-state index is -4.00. The molecule has 0 radical (unpaired) electrons. The topological polar surface area (TPSA) is 88.3 Å². The summed E-state index contributed by atoms with van der Waals surface area (Å²) in [7, 11) is -4.00. The summed E-state index contributed by atoms with van der Waals surface area (Å²) in [6, 6.07) is 2.47. The lowest BCUT2D eigenvalue weighted by molar-refractivity contribution is 0.258. The number of aliphatic hydroxyl groups excluding tert-OH is 1. The van der Waals surface area contributed by atoms with Crippen molar-refractivity contribution in [2.24, 2.45) is 0 Å². The van der Waals surface area contributed by atoms with Crippen LogP contribution < -0.4 is 0 Å². The van der Waals surface area contributed by atoms with Gasteiger partial charge in [0.15, 0.2) is 0 Å². The molecule has 26 heavy (non-hydrogen) atoms. The Labute approximate surface area is 150 Å². The first kappa shape index (κ1) is 18.9. The highest BCUT2D eigenvalue weighted by molar-refractivity contribution is 7.89. The Bertz CT molecular complexity index is 864. The van der Waals surface area contributed by atoms with Crippen molar-refractivity contribution < 1.29 is 22.3 Å². The fraction of sp³-hybridized carbons (Fsp3) is 0.500. The van der Waals surface area contributed by atoms with Crippen molar-refractivity contribution in [1.29, 1.82) is 0 Å². The molecule has 7 nitrogen and oxygen atoms in total. The van der Waals surface area contributed by atoms with Gasteiger partial charge in [0, 0.05) is 32.0 Å². The fourth-order valence-electron chi connectivity index (χ4n) is 3.04. The second-order valence-electron chi connectivity index (χ2n) is 6.23. The first-order chi connectivity index (χ1) is 12.4. The second-order valence-corrected chi connectivity index (χ2v) is 8.13. The lowest BCUT2D eigenvalue weighted by Crippen LogP contribution is -2.39. The van der Waals surface area contributed by atoms with E-state index in [1.807, 2.05) is 6.20 Å². The van der Waals surface area contributed by atoms with Crippen molar-refractivity contribution in [3.63, 3.8) is 0 Å². The first-order valence-electron chi connectivity index (χ1n) is 8.38. The highest BCUT2D eigenvalue weighted by atomic mass is 32.2. The third-order valence-electron chi connectivity index (χ3n) is 4.46. The molecule has 1 aromatic carbocycles. The van der Waals surface area contributed by atoms with Gasteiger partial charge in [-0.05, 0) is 37.8 Å². The van der Waals surface area contributed by atoms with Gasteiger partial charge in [0.2, 0.25) is 10.0 Å². The van der Waals surface area contributed by atoms with Gasteiger partial charge in [-0.2, -0.15) is 4.31 Å². The van der Waals surface area contributed by atoms with E-state index in [4.69, 9.17) is 5.11 Å². The summed E-state index contributed by atoms with van der Waals surface area (Å²) in [5, 5.41) is 17.0. The van der Waals surface area contributed by atoms with Gasteiger partial charge < -0.3 is 5.11 Å². The molecule has 1 aliphatic rings. The van der Waals surface area contributed by atoms with E-state index >= 15 is 0 Å². The van der Waals surface area contributed by atoms with Gasteiger partial charge in [0.05, 0.1) is 11.7 Å². The van der Waals surface area contributed by atoms with Gasteiger partial charge in [0.1, 0.15) is 16.5 Å². The van der Waals surface area contributed by atoms with Crippen molar-refractivity contribution in [3.05, 3.63) is 41.7 Å². The summed E-state index contributed by atoms with van der Waals surface area (Å²) in [6.07, 6.45) is 4.09. The van der Waals surface area contributed by atoms with Gasteiger partial charge in [-0.1, -0.05) is 5.21 Å². The maximum absolute atomic E-state index is 13.9. The number of sulfonamides is 1. The number of benzene rings is 1. The van der Waals surface area contributed by atoms with E-state index in [1.165, 1.54) is 4.31 Å². The zero-order valence-electron chi connectivity index (χ0n) is 14.1. The predicted octanol–water partition coefficient (Wildman–Crippen LogP) is 1.51. The van der Waals surface area contributed by atoms with Crippen LogP contribution in [0.2, 0.25) is 0 Å². The lowest BCUT2D eigenvalue weighted by atomic mass is 10.1. The molecule has 0 spiro atoms. The Morgan fingerprint density at radius 3 is 2.62 bits per heavy atom. The second kappa shape index (κ2) is 7.77. The van der Waals surface area contributed by atoms with E-state index in [2.05, 4.69) is 10.3 Å². The van der Waals surface area contributed by atoms with Gasteiger partial charge in [-0.15, -0.1) is 5.10 Å². The van der Waals surface area contributed by atoms with Gasteiger partial charge in [-0.3, -0.25) is 0 Å². The summed E-state index contributed by atoms with van der Waals surface area (Å²) >= 11 is 0. The normalized spacial score (nSPS) is 16.9. The Kier molecular flexibility index (Phi) is 5.64. The molecule has 1 saturated heterocycles. The first-order valence-corrected chi connectivity index (χ1v) is 9.82. The number of hydrogen-bond acceptors (Lipinski definition) is 5. The van der Waals surface area contributed by atoms with E-state index in [0.29, 0.717) is 31.7 Å². The number of piperidine rings is 1. The van der Waals surface area contributed by atoms with Crippen molar-refractivity contribution >= 4 is 10.0 Å². The molecule has 0 amide bonds. The van der Waals surface area contributed by atoms with Crippen molar-refractivity contribution in [3.8, 4) is 0 Å². The molecule has 0 bridgehead atoms. The van der Waals surface area contributed by atoms with Crippen molar-refractivity contribution in [1.82, 2.24) is 19.3 Å². The average molecular weight is 386 g/mol. The molecular formula is C16H20F2N4O3S. The average Bonchev–Trinajstić information content (AvgIpc) is 3.08. The molecule has 0 saturated carbocycles. The monoisotopic (exact) mass is 386 g/mol. The van der Waals surface area contributed by atoms with E-state index in [1.54, 1.807) is 4.68 Å². The third-order valence-corrected chi connectivity index (χ3v) is 6.39. The van der Waals surface area contributed by atoms with Crippen LogP contribution in [0.3, 0.4) is 0 Å². The van der Waals surface area contributed by atoms with E-state index < -0.39 is 26.6 Å². The maximum atomic E-state index is 13.9. The van der Waals surface area contributed by atoms with E-state index in [0.717, 1.165) is 17.8 Å². The number of aliphatic hydroxyl groups is 1. The summed E-state index contributed by atoms with van der Waals surface area (Å²) in [5.74, 6) is -1.90. The zero-order chi connectivity index (χ0) is 18.7. The van der Waals surface area contributed by atoms with Crippen LogP contribution in [0, 0.1) is 11.6 Å². The summed E-state index contributed by atoms with van der Waals surface area (Å²) in [5.41, 5.74) is 0.780. The van der Waals surface area contributed by atoms with Crippen LogP contribution in [-0.4, -0.2) is 52.5 Å². The number of aromatic nitrogens is 3. The SMILES string of the molecule is O=S(=O)(c1ccc(F)cc1F)N1CCC(n2cc(CCCO)nn2)CC1. The molecule has 1 N–H and O–H groups in total. The number of halogens is 2. The molecule has 1 fully saturated rings. The largest absolute Gasteiger partial charge is 0.396 e. The Morgan fingerprint density at radius 2 is 1.96 bits per heavy atom. The molecule has 3 rings (SSSR count). The van der Waals surface area contributed by atoms with Crippen LogP contribution in [0.1, 0.15) is 31.0 Å². The molecule has 2 aromatic rings. The molecular weight excluding hydrogens is 366 g/mol. The highest BCUT2D eigenvalue weighted by Gasteiger charge is 2.32. The predicted molar refractivity (Wildman–Crippen MR) is 88.8 cm³/mol. The number of nitrogens with zero attached hydrogens (tertiary/aromatic N) is 4. The Hall–Kier alpha value is -1.91. The Morgan fingerprint density at radius 1 is 1.23 bits per heavy atom. The zero-order valence-corrected chi connectivity index (χ0v) is 14.9. The summed E-state index contributed by atoms with van der Waals surface area (Å²) in [6.45, 7) is 0.522. The van der Waals surface area contributed by atoms with Gasteiger partial charge in [-0.25, -0.2) is 21.9 Å². The van der Waals surface area contributed by atoms with E-state index in [9.17, 15) is 17.2 Å². The highest BCUT2D eigenvalue weighted by Crippen LogP contribution is 2.27. The third kappa shape index (κ3) is 3.92. The fourth-order valence-corrected chi connectivity index (χ4v) is 4.55. The van der Waals surface area contributed by atoms with Crippen LogP contribution in [-0.2, 0) is 16.4 Å². The van der Waals surface area contributed by atoms with Crippen LogP contribution in [0.5, 0.6) is 0 Å². The molecule has 0 unspecified atom stereocenters. The molecule has 2 heterocycles. The minimum absolute atomic E-state index is 0.00916. The number of hydrogen-bond donors (Lipinski definition) is 1. The van der Waals surface area contributed by atoms with Crippen LogP contribution in [0.25, 0.3) is 0 Å². The van der Waals surface area contributed by atoms with Crippen LogP contribution in [0.15, 0.2) is 29.3 Å². The molecule has 142 valence electrons.